The van der Waals surface area contributed by atoms with Gasteiger partial charge in [-0.15, -0.1) is 0 Å². The highest BCUT2D eigenvalue weighted by molar-refractivity contribution is 6.30. The zero-order valence-corrected chi connectivity index (χ0v) is 17.8. The molecular weight excluding hydrogens is 418 g/mol. The Morgan fingerprint density at radius 1 is 0.935 bits per heavy atom. The minimum atomic E-state index is -0.451. The van der Waals surface area contributed by atoms with Gasteiger partial charge in [0.1, 0.15) is 12.0 Å². The van der Waals surface area contributed by atoms with Crippen molar-refractivity contribution in [2.24, 2.45) is 0 Å². The van der Waals surface area contributed by atoms with Gasteiger partial charge >= 0.3 is 0 Å². The molecule has 0 radical (unpaired) electrons. The highest BCUT2D eigenvalue weighted by atomic mass is 35.5. The van der Waals surface area contributed by atoms with Gasteiger partial charge in [0.05, 0.1) is 13.2 Å². The maximum Gasteiger partial charge on any atom is 0.287 e. The van der Waals surface area contributed by atoms with Gasteiger partial charge in [0.25, 0.3) is 5.91 Å². The maximum atomic E-state index is 12.2. The van der Waals surface area contributed by atoms with Crippen molar-refractivity contribution in [1.29, 1.82) is 0 Å². The van der Waals surface area contributed by atoms with E-state index in [0.29, 0.717) is 24.8 Å². The Labute approximate surface area is 185 Å². The number of nitrogens with one attached hydrogen (secondary N) is 1. The van der Waals surface area contributed by atoms with Crippen molar-refractivity contribution in [3.05, 3.63) is 93.5 Å². The SMILES string of the molecule is O=C(NCc1ccccc1)c1cc(=O)c(OCCCCCOc2ccc(Cl)cc2)co1. The Morgan fingerprint density at radius 3 is 2.35 bits per heavy atom. The van der Waals surface area contributed by atoms with Crippen molar-refractivity contribution in [2.45, 2.75) is 25.8 Å². The third-order valence-corrected chi connectivity index (χ3v) is 4.70. The molecule has 7 heteroatoms. The number of amides is 1. The fourth-order valence-corrected chi connectivity index (χ4v) is 2.90. The molecule has 0 atom stereocenters. The van der Waals surface area contributed by atoms with E-state index in [9.17, 15) is 9.59 Å². The summed E-state index contributed by atoms with van der Waals surface area (Å²) in [4.78, 5) is 24.3. The van der Waals surface area contributed by atoms with Crippen LogP contribution in [-0.4, -0.2) is 19.1 Å². The van der Waals surface area contributed by atoms with E-state index in [0.717, 1.165) is 36.6 Å². The number of rotatable bonds is 11. The normalized spacial score (nSPS) is 10.5. The van der Waals surface area contributed by atoms with E-state index in [1.165, 1.54) is 6.26 Å². The molecule has 0 spiro atoms. The van der Waals surface area contributed by atoms with Crippen LogP contribution in [0.25, 0.3) is 0 Å². The third-order valence-electron chi connectivity index (χ3n) is 4.45. The molecule has 3 aromatic rings. The van der Waals surface area contributed by atoms with Crippen LogP contribution in [-0.2, 0) is 6.54 Å². The van der Waals surface area contributed by atoms with E-state index in [2.05, 4.69) is 5.32 Å². The molecular formula is C24H24ClNO5. The third kappa shape index (κ3) is 7.50. The first kappa shape index (κ1) is 22.4. The van der Waals surface area contributed by atoms with Gasteiger partial charge in [0.15, 0.2) is 5.76 Å². The van der Waals surface area contributed by atoms with Gasteiger partial charge in [-0.1, -0.05) is 41.9 Å². The molecule has 1 N–H and O–H groups in total. The number of hydrogen-bond donors (Lipinski definition) is 1. The fourth-order valence-electron chi connectivity index (χ4n) is 2.77. The van der Waals surface area contributed by atoms with Crippen LogP contribution in [0.3, 0.4) is 0 Å². The minimum Gasteiger partial charge on any atom is -0.494 e. The second-order valence-corrected chi connectivity index (χ2v) is 7.29. The van der Waals surface area contributed by atoms with Gasteiger partial charge < -0.3 is 19.2 Å². The predicted octanol–water partition coefficient (Wildman–Crippen LogP) is 4.85. The van der Waals surface area contributed by atoms with Crippen LogP contribution in [0.1, 0.15) is 35.4 Å². The molecule has 0 aliphatic carbocycles. The van der Waals surface area contributed by atoms with Gasteiger partial charge in [-0.25, -0.2) is 0 Å². The van der Waals surface area contributed by atoms with E-state index in [-0.39, 0.29) is 16.9 Å². The van der Waals surface area contributed by atoms with Gasteiger partial charge in [0, 0.05) is 17.6 Å². The van der Waals surface area contributed by atoms with Crippen molar-refractivity contribution in [3.63, 3.8) is 0 Å². The van der Waals surface area contributed by atoms with Crippen molar-refractivity contribution in [1.82, 2.24) is 5.32 Å². The summed E-state index contributed by atoms with van der Waals surface area (Å²) in [7, 11) is 0. The lowest BCUT2D eigenvalue weighted by molar-refractivity contribution is 0.0919. The monoisotopic (exact) mass is 441 g/mol. The van der Waals surface area contributed by atoms with Crippen LogP contribution in [0.5, 0.6) is 11.5 Å². The van der Waals surface area contributed by atoms with Gasteiger partial charge in [-0.2, -0.15) is 0 Å². The van der Waals surface area contributed by atoms with Crippen LogP contribution in [0, 0.1) is 0 Å². The molecule has 162 valence electrons. The summed E-state index contributed by atoms with van der Waals surface area (Å²) in [5.41, 5.74) is 0.568. The average Bonchev–Trinajstić information content (AvgIpc) is 2.79. The number of ether oxygens (including phenoxy) is 2. The molecule has 0 aliphatic rings. The van der Waals surface area contributed by atoms with Crippen molar-refractivity contribution in [2.75, 3.05) is 13.2 Å². The Kier molecular flexibility index (Phi) is 8.55. The predicted molar refractivity (Wildman–Crippen MR) is 119 cm³/mol. The standard InChI is InChI=1S/C24H24ClNO5/c25-19-9-11-20(12-10-19)29-13-5-2-6-14-30-23-17-31-22(15-21(23)27)24(28)26-16-18-7-3-1-4-8-18/h1,3-4,7-12,15,17H,2,5-6,13-14,16H2,(H,26,28). The summed E-state index contributed by atoms with van der Waals surface area (Å²) in [6.07, 6.45) is 3.70. The second-order valence-electron chi connectivity index (χ2n) is 6.85. The number of carbonyl (C=O) groups is 1. The highest BCUT2D eigenvalue weighted by Crippen LogP contribution is 2.16. The summed E-state index contributed by atoms with van der Waals surface area (Å²) < 4.78 is 16.4. The van der Waals surface area contributed by atoms with Gasteiger partial charge in [0.2, 0.25) is 11.2 Å². The summed E-state index contributed by atoms with van der Waals surface area (Å²) >= 11 is 5.83. The Hall–Kier alpha value is -3.25. The number of halogens is 1. The Balaban J connectivity index is 1.34. The molecule has 2 aromatic carbocycles. The topological polar surface area (TPSA) is 77.8 Å². The van der Waals surface area contributed by atoms with E-state index < -0.39 is 5.91 Å². The lowest BCUT2D eigenvalue weighted by Gasteiger charge is -2.08. The molecule has 1 amide bonds. The number of unbranched alkanes of at least 4 members (excludes halogenated alkanes) is 2. The van der Waals surface area contributed by atoms with Gasteiger partial charge in [-0.05, 0) is 49.1 Å². The van der Waals surface area contributed by atoms with E-state index in [1.807, 2.05) is 42.5 Å². The molecule has 0 aliphatic heterocycles. The van der Waals surface area contributed by atoms with Crippen LogP contribution in [0.15, 0.2) is 76.1 Å². The lowest BCUT2D eigenvalue weighted by atomic mass is 10.2. The zero-order chi connectivity index (χ0) is 21.9. The summed E-state index contributed by atoms with van der Waals surface area (Å²) in [6.45, 7) is 1.32. The molecule has 3 rings (SSSR count). The Morgan fingerprint density at radius 2 is 1.65 bits per heavy atom. The first-order valence-electron chi connectivity index (χ1n) is 10.1. The van der Waals surface area contributed by atoms with Crippen LogP contribution >= 0.6 is 11.6 Å². The van der Waals surface area contributed by atoms with E-state index in [4.69, 9.17) is 25.5 Å². The number of benzene rings is 2. The molecule has 1 heterocycles. The summed E-state index contributed by atoms with van der Waals surface area (Å²) in [6, 6.07) is 17.9. The molecule has 0 fully saturated rings. The second kappa shape index (κ2) is 11.8. The van der Waals surface area contributed by atoms with Crippen LogP contribution in [0.2, 0.25) is 5.02 Å². The first-order valence-corrected chi connectivity index (χ1v) is 10.5. The summed E-state index contributed by atoms with van der Waals surface area (Å²) in [5.74, 6) is 0.379. The van der Waals surface area contributed by atoms with E-state index in [1.54, 1.807) is 12.1 Å². The quantitative estimate of drug-likeness (QED) is 0.430. The lowest BCUT2D eigenvalue weighted by Crippen LogP contribution is -2.24. The molecule has 31 heavy (non-hydrogen) atoms. The Bertz CT molecular complexity index is 1020. The largest absolute Gasteiger partial charge is 0.494 e. The maximum absolute atomic E-state index is 12.2. The van der Waals surface area contributed by atoms with Crippen molar-refractivity contribution in [3.8, 4) is 11.5 Å². The number of carbonyl (C=O) groups excluding carboxylic acids is 1. The highest BCUT2D eigenvalue weighted by Gasteiger charge is 2.12. The van der Waals surface area contributed by atoms with Crippen molar-refractivity contribution >= 4 is 17.5 Å². The number of hydrogen-bond acceptors (Lipinski definition) is 5. The average molecular weight is 442 g/mol. The zero-order valence-electron chi connectivity index (χ0n) is 17.0. The molecule has 1 aromatic heterocycles. The molecule has 6 nitrogen and oxygen atoms in total. The van der Waals surface area contributed by atoms with E-state index >= 15 is 0 Å². The molecule has 0 bridgehead atoms. The molecule has 0 saturated carbocycles. The molecule has 0 unspecified atom stereocenters. The smallest absolute Gasteiger partial charge is 0.287 e. The van der Waals surface area contributed by atoms with Crippen molar-refractivity contribution < 1.29 is 18.7 Å². The molecule has 0 saturated heterocycles. The van der Waals surface area contributed by atoms with Crippen LogP contribution < -0.4 is 20.2 Å². The summed E-state index contributed by atoms with van der Waals surface area (Å²) in [5, 5.41) is 3.39. The fraction of sp³-hybridized carbons (Fsp3) is 0.250. The first-order chi connectivity index (χ1) is 15.1. The van der Waals surface area contributed by atoms with Gasteiger partial charge in [-0.3, -0.25) is 9.59 Å². The minimum absolute atomic E-state index is 0.0485. The van der Waals surface area contributed by atoms with Crippen LogP contribution in [0.4, 0.5) is 0 Å².